The third-order valence-corrected chi connectivity index (χ3v) is 2.90. The van der Waals surface area contributed by atoms with Gasteiger partial charge in [-0.2, -0.15) is 0 Å². The van der Waals surface area contributed by atoms with Crippen LogP contribution in [0.4, 0.5) is 0 Å². The third-order valence-electron chi connectivity index (χ3n) is 2.90. The highest BCUT2D eigenvalue weighted by Crippen LogP contribution is 2.13. The maximum absolute atomic E-state index is 11.3. The molecule has 4 heteroatoms. The Morgan fingerprint density at radius 1 is 1.35 bits per heavy atom. The fourth-order valence-electron chi connectivity index (χ4n) is 1.69. The lowest BCUT2D eigenvalue weighted by Gasteiger charge is -2.27. The van der Waals surface area contributed by atoms with Crippen molar-refractivity contribution in [1.29, 1.82) is 0 Å². The van der Waals surface area contributed by atoms with Gasteiger partial charge < -0.3 is 14.8 Å². The predicted molar refractivity (Wildman–Crippen MR) is 63.6 cm³/mol. The number of hydrogen-bond donors (Lipinski definition) is 1. The van der Waals surface area contributed by atoms with E-state index in [1.54, 1.807) is 0 Å². The molecule has 0 atom stereocenters. The van der Waals surface area contributed by atoms with Crippen molar-refractivity contribution in [2.75, 3.05) is 20.2 Å². The van der Waals surface area contributed by atoms with Crippen LogP contribution in [0.2, 0.25) is 0 Å². The molecule has 1 aromatic rings. The molecule has 4 nitrogen and oxygen atoms in total. The standard InChI is InChI=1S/C13H17NO3/c1-16-13(15)6-10-4-2-3-5-11(10)9-17-12-7-14-8-12/h2-5,12,14H,6-9H2,1H3. The van der Waals surface area contributed by atoms with Crippen molar-refractivity contribution in [3.63, 3.8) is 0 Å². The predicted octanol–water partition coefficient (Wildman–Crippen LogP) is 0.890. The molecule has 0 bridgehead atoms. The first kappa shape index (κ1) is 12.1. The molecule has 0 unspecified atom stereocenters. The molecule has 1 saturated heterocycles. The molecular weight excluding hydrogens is 218 g/mol. The van der Waals surface area contributed by atoms with Gasteiger partial charge in [0.05, 0.1) is 26.2 Å². The molecule has 1 fully saturated rings. The molecule has 17 heavy (non-hydrogen) atoms. The van der Waals surface area contributed by atoms with Crippen molar-refractivity contribution in [2.45, 2.75) is 19.1 Å². The summed E-state index contributed by atoms with van der Waals surface area (Å²) in [6.07, 6.45) is 0.611. The second-order valence-corrected chi connectivity index (χ2v) is 4.11. The van der Waals surface area contributed by atoms with Crippen LogP contribution in [-0.4, -0.2) is 32.3 Å². The van der Waals surface area contributed by atoms with E-state index in [0.29, 0.717) is 19.1 Å². The van der Waals surface area contributed by atoms with Gasteiger partial charge in [0, 0.05) is 13.1 Å². The van der Waals surface area contributed by atoms with E-state index in [0.717, 1.165) is 24.2 Å². The van der Waals surface area contributed by atoms with Crippen molar-refractivity contribution in [3.8, 4) is 0 Å². The average Bonchev–Trinajstić information content (AvgIpc) is 2.29. The maximum atomic E-state index is 11.3. The van der Waals surface area contributed by atoms with Gasteiger partial charge in [0.25, 0.3) is 0 Å². The van der Waals surface area contributed by atoms with Crippen molar-refractivity contribution in [3.05, 3.63) is 35.4 Å². The molecule has 1 heterocycles. The molecule has 1 aliphatic rings. The van der Waals surface area contributed by atoms with Crippen LogP contribution in [0.15, 0.2) is 24.3 Å². The summed E-state index contributed by atoms with van der Waals surface area (Å²) < 4.78 is 10.4. The Balaban J connectivity index is 1.96. The molecule has 1 aliphatic heterocycles. The SMILES string of the molecule is COC(=O)Cc1ccccc1COC1CNC1. The average molecular weight is 235 g/mol. The molecular formula is C13H17NO3. The maximum Gasteiger partial charge on any atom is 0.309 e. The lowest BCUT2D eigenvalue weighted by Crippen LogP contribution is -2.48. The molecule has 0 radical (unpaired) electrons. The first-order chi connectivity index (χ1) is 8.29. The van der Waals surface area contributed by atoms with E-state index in [1.807, 2.05) is 24.3 Å². The van der Waals surface area contributed by atoms with Crippen LogP contribution in [-0.2, 0) is 27.3 Å². The van der Waals surface area contributed by atoms with E-state index in [9.17, 15) is 4.79 Å². The van der Waals surface area contributed by atoms with E-state index in [2.05, 4.69) is 10.1 Å². The van der Waals surface area contributed by atoms with Crippen LogP contribution in [0.3, 0.4) is 0 Å². The summed E-state index contributed by atoms with van der Waals surface area (Å²) in [4.78, 5) is 11.3. The molecule has 92 valence electrons. The summed E-state index contributed by atoms with van der Waals surface area (Å²) in [5, 5.41) is 3.15. The van der Waals surface area contributed by atoms with Crippen LogP contribution in [0.25, 0.3) is 0 Å². The number of rotatable bonds is 5. The van der Waals surface area contributed by atoms with Gasteiger partial charge in [-0.25, -0.2) is 0 Å². The highest BCUT2D eigenvalue weighted by Gasteiger charge is 2.17. The Kier molecular flexibility index (Phi) is 4.12. The first-order valence-corrected chi connectivity index (χ1v) is 5.75. The summed E-state index contributed by atoms with van der Waals surface area (Å²) in [5.41, 5.74) is 2.04. The number of ether oxygens (including phenoxy) is 2. The van der Waals surface area contributed by atoms with Gasteiger partial charge >= 0.3 is 5.97 Å². The lowest BCUT2D eigenvalue weighted by molar-refractivity contribution is -0.139. The first-order valence-electron chi connectivity index (χ1n) is 5.75. The molecule has 0 aliphatic carbocycles. The topological polar surface area (TPSA) is 47.6 Å². The van der Waals surface area contributed by atoms with Crippen molar-refractivity contribution >= 4 is 5.97 Å². The van der Waals surface area contributed by atoms with E-state index in [4.69, 9.17) is 4.74 Å². The summed E-state index contributed by atoms with van der Waals surface area (Å²) in [7, 11) is 1.40. The fraction of sp³-hybridized carbons (Fsp3) is 0.462. The number of benzene rings is 1. The number of carbonyl (C=O) groups is 1. The molecule has 0 amide bonds. The number of carbonyl (C=O) groups excluding carboxylic acids is 1. The van der Waals surface area contributed by atoms with Crippen LogP contribution in [0, 0.1) is 0 Å². The largest absolute Gasteiger partial charge is 0.469 e. The van der Waals surface area contributed by atoms with Crippen molar-refractivity contribution in [1.82, 2.24) is 5.32 Å². The van der Waals surface area contributed by atoms with Gasteiger partial charge in [-0.1, -0.05) is 24.3 Å². The van der Waals surface area contributed by atoms with Gasteiger partial charge in [0.2, 0.25) is 0 Å². The van der Waals surface area contributed by atoms with E-state index < -0.39 is 0 Å². The van der Waals surface area contributed by atoms with E-state index >= 15 is 0 Å². The zero-order valence-corrected chi connectivity index (χ0v) is 9.94. The fourth-order valence-corrected chi connectivity index (χ4v) is 1.69. The van der Waals surface area contributed by atoms with Crippen molar-refractivity contribution in [2.24, 2.45) is 0 Å². The highest BCUT2D eigenvalue weighted by molar-refractivity contribution is 5.72. The Bertz CT molecular complexity index is 388. The minimum atomic E-state index is -0.220. The number of methoxy groups -OCH3 is 1. The number of hydrogen-bond acceptors (Lipinski definition) is 4. The van der Waals surface area contributed by atoms with Crippen LogP contribution >= 0.6 is 0 Å². The molecule has 0 saturated carbocycles. The summed E-state index contributed by atoms with van der Waals surface area (Å²) >= 11 is 0. The number of nitrogens with one attached hydrogen (secondary N) is 1. The molecule has 2 rings (SSSR count). The highest BCUT2D eigenvalue weighted by atomic mass is 16.5. The number of esters is 1. The van der Waals surface area contributed by atoms with Gasteiger partial charge in [-0.3, -0.25) is 4.79 Å². The molecule has 0 aromatic heterocycles. The summed E-state index contributed by atoms with van der Waals surface area (Å²) in [5.74, 6) is -0.220. The van der Waals surface area contributed by atoms with Gasteiger partial charge in [-0.15, -0.1) is 0 Å². The van der Waals surface area contributed by atoms with Gasteiger partial charge in [-0.05, 0) is 11.1 Å². The quantitative estimate of drug-likeness (QED) is 0.770. The van der Waals surface area contributed by atoms with Crippen LogP contribution in [0.5, 0.6) is 0 Å². The summed E-state index contributed by atoms with van der Waals surface area (Å²) in [6, 6.07) is 7.81. The van der Waals surface area contributed by atoms with Gasteiger partial charge in [0.1, 0.15) is 0 Å². The molecule has 1 aromatic carbocycles. The van der Waals surface area contributed by atoms with Gasteiger partial charge in [0.15, 0.2) is 0 Å². The zero-order valence-electron chi connectivity index (χ0n) is 9.94. The second-order valence-electron chi connectivity index (χ2n) is 4.11. The zero-order chi connectivity index (χ0) is 12.1. The van der Waals surface area contributed by atoms with Crippen LogP contribution < -0.4 is 5.32 Å². The molecule has 1 N–H and O–H groups in total. The Morgan fingerprint density at radius 2 is 2.06 bits per heavy atom. The second kappa shape index (κ2) is 5.80. The Labute approximate surface area is 101 Å². The van der Waals surface area contributed by atoms with E-state index in [1.165, 1.54) is 7.11 Å². The molecule has 0 spiro atoms. The lowest BCUT2D eigenvalue weighted by atomic mass is 10.1. The Hall–Kier alpha value is -1.39. The van der Waals surface area contributed by atoms with E-state index in [-0.39, 0.29) is 5.97 Å². The minimum Gasteiger partial charge on any atom is -0.469 e. The smallest absolute Gasteiger partial charge is 0.309 e. The third kappa shape index (κ3) is 3.28. The Morgan fingerprint density at radius 3 is 2.65 bits per heavy atom. The normalized spacial score (nSPS) is 15.4. The monoisotopic (exact) mass is 235 g/mol. The van der Waals surface area contributed by atoms with Crippen molar-refractivity contribution < 1.29 is 14.3 Å². The summed E-state index contributed by atoms with van der Waals surface area (Å²) in [6.45, 7) is 2.39. The minimum absolute atomic E-state index is 0.220. The van der Waals surface area contributed by atoms with Crippen LogP contribution in [0.1, 0.15) is 11.1 Å².